The minimum absolute atomic E-state index is 0.150. The van der Waals surface area contributed by atoms with E-state index in [1.807, 2.05) is 5.43 Å². The largest absolute Gasteiger partial charge is 0.435 e. The topological polar surface area (TPSA) is 159 Å². The molecular formula is C5H3N7O4. The van der Waals surface area contributed by atoms with E-state index in [0.717, 1.165) is 0 Å². The fraction of sp³-hybridized carbons (Fsp3) is 0. The summed E-state index contributed by atoms with van der Waals surface area (Å²) in [4.78, 5) is 42.2. The Hall–Kier alpha value is -2.85. The van der Waals surface area contributed by atoms with Gasteiger partial charge in [-0.25, -0.2) is 10.4 Å². The number of imidazole rings is 1. The number of nitrogens with one attached hydrogen (secondary N) is 3. The van der Waals surface area contributed by atoms with E-state index in [9.17, 15) is 19.8 Å². The first kappa shape index (κ1) is 9.70. The quantitative estimate of drug-likeness (QED) is 0.365. The molecule has 16 heavy (non-hydrogen) atoms. The number of hydrogen-bond donors (Lipinski definition) is 3. The molecule has 0 aliphatic rings. The first-order valence-corrected chi connectivity index (χ1v) is 3.84. The third kappa shape index (κ3) is 1.45. The van der Waals surface area contributed by atoms with Gasteiger partial charge in [-0.2, -0.15) is 4.98 Å². The lowest BCUT2D eigenvalue weighted by atomic mass is 10.5. The fourth-order valence-electron chi connectivity index (χ4n) is 1.08. The highest BCUT2D eigenvalue weighted by Gasteiger charge is 2.18. The molecule has 2 aromatic rings. The van der Waals surface area contributed by atoms with Gasteiger partial charge < -0.3 is 10.1 Å². The molecule has 0 aliphatic heterocycles. The number of aromatic amines is 2. The Balaban J connectivity index is 2.67. The maximum absolute atomic E-state index is 11.3. The van der Waals surface area contributed by atoms with Crippen LogP contribution >= 0.6 is 0 Å². The molecule has 0 radical (unpaired) electrons. The average Bonchev–Trinajstić information content (AvgIpc) is 2.62. The molecule has 2 aromatic heterocycles. The molecule has 2 heterocycles. The van der Waals surface area contributed by atoms with E-state index >= 15 is 0 Å². The van der Waals surface area contributed by atoms with E-state index < -0.39 is 16.4 Å². The van der Waals surface area contributed by atoms with Crippen LogP contribution in [0.5, 0.6) is 0 Å². The Morgan fingerprint density at radius 1 is 1.38 bits per heavy atom. The smallest absolute Gasteiger partial charge is 0.390 e. The normalized spacial score (nSPS) is 10.2. The highest BCUT2D eigenvalue weighted by Crippen LogP contribution is 2.10. The first-order chi connectivity index (χ1) is 7.61. The predicted octanol–water partition coefficient (Wildman–Crippen LogP) is -0.352. The Bertz CT molecular complexity index is 627. The van der Waals surface area contributed by atoms with Crippen LogP contribution in [0.15, 0.2) is 10.1 Å². The van der Waals surface area contributed by atoms with E-state index in [0.29, 0.717) is 0 Å². The summed E-state index contributed by atoms with van der Waals surface area (Å²) in [5, 5.41) is 12.7. The van der Waals surface area contributed by atoms with Crippen molar-refractivity contribution < 1.29 is 4.92 Å². The van der Waals surface area contributed by atoms with Crippen LogP contribution in [0.1, 0.15) is 0 Å². The number of H-pyrrole nitrogens is 2. The summed E-state index contributed by atoms with van der Waals surface area (Å²) in [6.07, 6.45) is 0. The van der Waals surface area contributed by atoms with Gasteiger partial charge in [0.25, 0.3) is 11.2 Å². The van der Waals surface area contributed by atoms with Crippen molar-refractivity contribution in [2.24, 2.45) is 5.29 Å². The molecule has 11 heteroatoms. The van der Waals surface area contributed by atoms with Gasteiger partial charge in [-0.15, -0.1) is 4.91 Å². The van der Waals surface area contributed by atoms with Crippen LogP contribution in [0.2, 0.25) is 0 Å². The second-order valence-electron chi connectivity index (χ2n) is 2.63. The average molecular weight is 225 g/mol. The van der Waals surface area contributed by atoms with Crippen molar-refractivity contribution in [3.63, 3.8) is 0 Å². The molecule has 0 saturated heterocycles. The van der Waals surface area contributed by atoms with Crippen molar-refractivity contribution in [2.45, 2.75) is 0 Å². The van der Waals surface area contributed by atoms with Crippen LogP contribution in [0.3, 0.4) is 0 Å². The van der Waals surface area contributed by atoms with Gasteiger partial charge in [0.15, 0.2) is 0 Å². The lowest BCUT2D eigenvalue weighted by Crippen LogP contribution is -2.10. The van der Waals surface area contributed by atoms with Crippen molar-refractivity contribution >= 4 is 23.1 Å². The summed E-state index contributed by atoms with van der Waals surface area (Å²) in [5.41, 5.74) is 0.832. The van der Waals surface area contributed by atoms with Crippen LogP contribution in [0.4, 0.5) is 11.9 Å². The van der Waals surface area contributed by atoms with Crippen LogP contribution in [0.25, 0.3) is 11.2 Å². The summed E-state index contributed by atoms with van der Waals surface area (Å²) < 4.78 is 0. The molecule has 82 valence electrons. The van der Waals surface area contributed by atoms with E-state index in [4.69, 9.17) is 0 Å². The van der Waals surface area contributed by atoms with E-state index in [-0.39, 0.29) is 17.1 Å². The van der Waals surface area contributed by atoms with Crippen molar-refractivity contribution in [1.29, 1.82) is 0 Å². The van der Waals surface area contributed by atoms with Gasteiger partial charge in [-0.1, -0.05) is 0 Å². The molecular weight excluding hydrogens is 222 g/mol. The van der Waals surface area contributed by atoms with E-state index in [1.165, 1.54) is 0 Å². The Kier molecular flexibility index (Phi) is 2.05. The summed E-state index contributed by atoms with van der Waals surface area (Å²) in [6.45, 7) is 0. The number of hydrogen-bond acceptors (Lipinski definition) is 7. The van der Waals surface area contributed by atoms with Gasteiger partial charge in [0.1, 0.15) is 0 Å². The van der Waals surface area contributed by atoms with E-state index in [2.05, 4.69) is 25.2 Å². The van der Waals surface area contributed by atoms with Gasteiger partial charge in [0, 0.05) is 0 Å². The van der Waals surface area contributed by atoms with Crippen molar-refractivity contribution in [3.8, 4) is 0 Å². The van der Waals surface area contributed by atoms with Crippen molar-refractivity contribution in [2.75, 3.05) is 5.43 Å². The Morgan fingerprint density at radius 3 is 2.75 bits per heavy atom. The standard InChI is InChI=1S/C5H3N7O4/c13-3-1-2(7-4(9-3)10-11-14)8-5(6-1)12(15)16/h(H3,6,7,8,9,10,13,14). The third-order valence-electron chi connectivity index (χ3n) is 1.67. The summed E-state index contributed by atoms with van der Waals surface area (Å²) >= 11 is 0. The van der Waals surface area contributed by atoms with Crippen LogP contribution in [-0.2, 0) is 0 Å². The highest BCUT2D eigenvalue weighted by atomic mass is 16.6. The SMILES string of the molecule is O=NNc1nc2nc([N+](=O)[O-])[nH]c2c(=O)[nH]1. The molecule has 0 spiro atoms. The second kappa shape index (κ2) is 3.38. The monoisotopic (exact) mass is 225 g/mol. The number of anilines is 1. The molecule has 0 aromatic carbocycles. The summed E-state index contributed by atoms with van der Waals surface area (Å²) in [5.74, 6) is -0.849. The number of nitro groups is 1. The molecule has 2 rings (SSSR count). The van der Waals surface area contributed by atoms with Gasteiger partial charge >= 0.3 is 5.95 Å². The van der Waals surface area contributed by atoms with Crippen LogP contribution in [-0.4, -0.2) is 24.9 Å². The zero-order chi connectivity index (χ0) is 11.7. The highest BCUT2D eigenvalue weighted by molar-refractivity contribution is 5.71. The predicted molar refractivity (Wildman–Crippen MR) is 50.6 cm³/mol. The maximum atomic E-state index is 11.3. The number of aromatic nitrogens is 4. The number of rotatable bonds is 3. The molecule has 0 bridgehead atoms. The van der Waals surface area contributed by atoms with Crippen LogP contribution in [0, 0.1) is 15.0 Å². The molecule has 0 aliphatic carbocycles. The zero-order valence-electron chi connectivity index (χ0n) is 7.42. The molecule has 3 N–H and O–H groups in total. The number of nitroso groups, excluding NO2 is 1. The Morgan fingerprint density at radius 2 is 2.12 bits per heavy atom. The van der Waals surface area contributed by atoms with Gasteiger partial charge in [-0.05, 0) is 9.91 Å². The Labute approximate surface area is 85.0 Å². The van der Waals surface area contributed by atoms with Gasteiger partial charge in [0.2, 0.25) is 11.5 Å². The minimum atomic E-state index is -0.799. The molecule has 11 nitrogen and oxygen atoms in total. The third-order valence-corrected chi connectivity index (χ3v) is 1.67. The zero-order valence-corrected chi connectivity index (χ0v) is 7.42. The number of nitrogens with zero attached hydrogens (tertiary/aromatic N) is 4. The van der Waals surface area contributed by atoms with Gasteiger partial charge in [0.05, 0.1) is 5.29 Å². The lowest BCUT2D eigenvalue weighted by Gasteiger charge is -1.91. The van der Waals surface area contributed by atoms with Gasteiger partial charge in [-0.3, -0.25) is 9.78 Å². The number of fused-ring (bicyclic) bond motifs is 1. The lowest BCUT2D eigenvalue weighted by molar-refractivity contribution is -0.393. The molecule has 0 fully saturated rings. The first-order valence-electron chi connectivity index (χ1n) is 3.84. The van der Waals surface area contributed by atoms with Crippen molar-refractivity contribution in [3.05, 3.63) is 25.4 Å². The molecule has 0 unspecified atom stereocenters. The van der Waals surface area contributed by atoms with E-state index in [1.54, 1.807) is 0 Å². The van der Waals surface area contributed by atoms with Crippen LogP contribution < -0.4 is 11.0 Å². The fourth-order valence-corrected chi connectivity index (χ4v) is 1.08. The maximum Gasteiger partial charge on any atom is 0.435 e. The molecule has 0 saturated carbocycles. The second-order valence-corrected chi connectivity index (χ2v) is 2.63. The molecule has 0 amide bonds. The van der Waals surface area contributed by atoms with Crippen molar-refractivity contribution in [1.82, 2.24) is 19.9 Å². The summed E-state index contributed by atoms with van der Waals surface area (Å²) in [6, 6.07) is 0. The molecule has 0 atom stereocenters. The summed E-state index contributed by atoms with van der Waals surface area (Å²) in [7, 11) is 0. The minimum Gasteiger partial charge on any atom is -0.390 e.